The number of rotatable bonds is 8. The predicted octanol–water partition coefficient (Wildman–Crippen LogP) is 3.24. The minimum absolute atomic E-state index is 0.0137. The van der Waals surface area contributed by atoms with Crippen LogP contribution >= 0.6 is 15.9 Å². The second-order valence-electron chi connectivity index (χ2n) is 4.59. The number of nitro groups is 1. The van der Waals surface area contributed by atoms with Crippen LogP contribution in [0, 0.1) is 10.1 Å². The number of carbonyl (C=O) groups is 1. The lowest BCUT2D eigenvalue weighted by atomic mass is 10.1. The van der Waals surface area contributed by atoms with Crippen molar-refractivity contribution < 1.29 is 14.5 Å². The molecule has 0 saturated carbocycles. The maximum absolute atomic E-state index is 12.4. The van der Waals surface area contributed by atoms with Gasteiger partial charge in [-0.2, -0.15) is 0 Å². The summed E-state index contributed by atoms with van der Waals surface area (Å²) in [7, 11) is 3.02. The highest BCUT2D eigenvalue weighted by molar-refractivity contribution is 9.09. The zero-order valence-electron chi connectivity index (χ0n) is 12.2. The molecule has 0 saturated heterocycles. The van der Waals surface area contributed by atoms with Crippen LogP contribution in [-0.2, 0) is 0 Å². The van der Waals surface area contributed by atoms with Crippen molar-refractivity contribution in [3.63, 3.8) is 0 Å². The molecule has 0 heterocycles. The standard InChI is InChI=1S/C14H19BrN2O4/c1-16(10-5-3-4-9-15)14(18)11-7-6-8-12(17(19)20)13(11)21-2/h6-8H,3-5,9-10H2,1-2H3. The van der Waals surface area contributed by atoms with E-state index < -0.39 is 4.92 Å². The van der Waals surface area contributed by atoms with Crippen molar-refractivity contribution in [3.8, 4) is 5.75 Å². The Morgan fingerprint density at radius 1 is 1.38 bits per heavy atom. The van der Waals surface area contributed by atoms with Gasteiger partial charge in [0, 0.05) is 25.0 Å². The Labute approximate surface area is 132 Å². The second-order valence-corrected chi connectivity index (χ2v) is 5.38. The molecule has 0 spiro atoms. The fourth-order valence-electron chi connectivity index (χ4n) is 1.98. The number of nitro benzene ring substituents is 1. The summed E-state index contributed by atoms with van der Waals surface area (Å²) in [5, 5.41) is 11.9. The van der Waals surface area contributed by atoms with Crippen LogP contribution in [-0.4, -0.2) is 41.8 Å². The van der Waals surface area contributed by atoms with Crippen LogP contribution in [0.15, 0.2) is 18.2 Å². The maximum Gasteiger partial charge on any atom is 0.311 e. The van der Waals surface area contributed by atoms with Crippen LogP contribution in [0.25, 0.3) is 0 Å². The van der Waals surface area contributed by atoms with E-state index in [1.165, 1.54) is 19.2 Å². The zero-order chi connectivity index (χ0) is 15.8. The Bertz CT molecular complexity index is 508. The van der Waals surface area contributed by atoms with E-state index in [-0.39, 0.29) is 22.9 Å². The number of ether oxygens (including phenoxy) is 1. The van der Waals surface area contributed by atoms with Gasteiger partial charge in [0.05, 0.1) is 17.6 Å². The van der Waals surface area contributed by atoms with Crippen molar-refractivity contribution >= 4 is 27.5 Å². The van der Waals surface area contributed by atoms with Crippen LogP contribution < -0.4 is 4.74 Å². The van der Waals surface area contributed by atoms with Crippen LogP contribution in [0.3, 0.4) is 0 Å². The van der Waals surface area contributed by atoms with Gasteiger partial charge in [-0.15, -0.1) is 0 Å². The Hall–Kier alpha value is -1.63. The van der Waals surface area contributed by atoms with E-state index in [1.807, 2.05) is 0 Å². The fourth-order valence-corrected chi connectivity index (χ4v) is 2.38. The highest BCUT2D eigenvalue weighted by Gasteiger charge is 2.24. The molecule has 0 bridgehead atoms. The van der Waals surface area contributed by atoms with Crippen molar-refractivity contribution in [2.24, 2.45) is 0 Å². The fraction of sp³-hybridized carbons (Fsp3) is 0.500. The number of halogens is 1. The van der Waals surface area contributed by atoms with E-state index in [4.69, 9.17) is 4.74 Å². The number of benzene rings is 1. The number of para-hydroxylation sites is 1. The van der Waals surface area contributed by atoms with Gasteiger partial charge in [0.2, 0.25) is 5.75 Å². The molecule has 0 fully saturated rings. The van der Waals surface area contributed by atoms with Crippen LogP contribution in [0.4, 0.5) is 5.69 Å². The summed E-state index contributed by atoms with van der Waals surface area (Å²) in [6, 6.07) is 4.36. The smallest absolute Gasteiger partial charge is 0.311 e. The predicted molar refractivity (Wildman–Crippen MR) is 84.3 cm³/mol. The number of hydrogen-bond acceptors (Lipinski definition) is 4. The molecule has 0 N–H and O–H groups in total. The minimum Gasteiger partial charge on any atom is -0.490 e. The monoisotopic (exact) mass is 358 g/mol. The molecule has 0 aliphatic heterocycles. The molecule has 0 radical (unpaired) electrons. The topological polar surface area (TPSA) is 72.7 Å². The van der Waals surface area contributed by atoms with E-state index >= 15 is 0 Å². The molecular weight excluding hydrogens is 340 g/mol. The minimum atomic E-state index is -0.550. The number of nitrogens with zero attached hydrogens (tertiary/aromatic N) is 2. The summed E-state index contributed by atoms with van der Waals surface area (Å²) in [4.78, 5) is 24.4. The molecule has 0 aliphatic carbocycles. The van der Waals surface area contributed by atoms with Gasteiger partial charge in [-0.25, -0.2) is 0 Å². The Kier molecular flexibility index (Phi) is 7.14. The third kappa shape index (κ3) is 4.70. The number of alkyl halides is 1. The Morgan fingerprint density at radius 3 is 2.67 bits per heavy atom. The SMILES string of the molecule is COc1c(C(=O)N(C)CCCCCBr)cccc1[N+](=O)[O-]. The first-order valence-electron chi connectivity index (χ1n) is 6.65. The number of hydrogen-bond donors (Lipinski definition) is 0. The number of methoxy groups -OCH3 is 1. The van der Waals surface area contributed by atoms with Gasteiger partial charge in [-0.05, 0) is 18.9 Å². The van der Waals surface area contributed by atoms with Crippen molar-refractivity contribution in [1.29, 1.82) is 0 Å². The lowest BCUT2D eigenvalue weighted by Crippen LogP contribution is -2.28. The van der Waals surface area contributed by atoms with Gasteiger partial charge in [-0.1, -0.05) is 28.4 Å². The molecule has 0 unspecified atom stereocenters. The quantitative estimate of drug-likeness (QED) is 0.309. The van der Waals surface area contributed by atoms with E-state index in [9.17, 15) is 14.9 Å². The first kappa shape index (κ1) is 17.4. The molecular formula is C14H19BrN2O4. The highest BCUT2D eigenvalue weighted by Crippen LogP contribution is 2.31. The van der Waals surface area contributed by atoms with E-state index in [2.05, 4.69) is 15.9 Å². The largest absolute Gasteiger partial charge is 0.490 e. The van der Waals surface area contributed by atoms with E-state index in [0.717, 1.165) is 24.6 Å². The lowest BCUT2D eigenvalue weighted by molar-refractivity contribution is -0.385. The number of amides is 1. The second kappa shape index (κ2) is 8.61. The van der Waals surface area contributed by atoms with Crippen molar-refractivity contribution in [2.75, 3.05) is 26.0 Å². The number of unbranched alkanes of at least 4 members (excludes halogenated alkanes) is 2. The molecule has 7 heteroatoms. The highest BCUT2D eigenvalue weighted by atomic mass is 79.9. The number of carbonyl (C=O) groups excluding carboxylic acids is 1. The molecule has 1 rings (SSSR count). The average molecular weight is 359 g/mol. The normalized spacial score (nSPS) is 10.2. The molecule has 116 valence electrons. The zero-order valence-corrected chi connectivity index (χ0v) is 13.8. The van der Waals surface area contributed by atoms with Crippen molar-refractivity contribution in [3.05, 3.63) is 33.9 Å². The van der Waals surface area contributed by atoms with Gasteiger partial charge in [0.1, 0.15) is 0 Å². The summed E-state index contributed by atoms with van der Waals surface area (Å²) in [6.07, 6.45) is 2.97. The molecule has 21 heavy (non-hydrogen) atoms. The van der Waals surface area contributed by atoms with E-state index in [1.54, 1.807) is 18.0 Å². The van der Waals surface area contributed by atoms with Crippen molar-refractivity contribution in [1.82, 2.24) is 4.90 Å². The third-order valence-electron chi connectivity index (χ3n) is 3.10. The molecule has 0 aliphatic rings. The lowest BCUT2D eigenvalue weighted by Gasteiger charge is -2.18. The third-order valence-corrected chi connectivity index (χ3v) is 3.66. The van der Waals surface area contributed by atoms with E-state index in [0.29, 0.717) is 6.54 Å². The van der Waals surface area contributed by atoms with Gasteiger partial charge in [-0.3, -0.25) is 14.9 Å². The maximum atomic E-state index is 12.4. The van der Waals surface area contributed by atoms with Crippen LogP contribution in [0.1, 0.15) is 29.6 Å². The van der Waals surface area contributed by atoms with Gasteiger partial charge in [0.15, 0.2) is 0 Å². The summed E-state index contributed by atoms with van der Waals surface area (Å²) in [5.74, 6) is -0.255. The Morgan fingerprint density at radius 2 is 2.10 bits per heavy atom. The first-order chi connectivity index (χ1) is 10.0. The molecule has 0 aromatic heterocycles. The van der Waals surface area contributed by atoms with Gasteiger partial charge >= 0.3 is 5.69 Å². The summed E-state index contributed by atoms with van der Waals surface area (Å²) >= 11 is 3.36. The molecule has 6 nitrogen and oxygen atoms in total. The molecule has 1 aromatic carbocycles. The molecule has 1 aromatic rings. The average Bonchev–Trinajstić information content (AvgIpc) is 2.49. The summed E-state index contributed by atoms with van der Waals surface area (Å²) < 4.78 is 5.06. The van der Waals surface area contributed by atoms with Gasteiger partial charge in [0.25, 0.3) is 5.91 Å². The van der Waals surface area contributed by atoms with Crippen molar-refractivity contribution in [2.45, 2.75) is 19.3 Å². The van der Waals surface area contributed by atoms with Crippen LogP contribution in [0.2, 0.25) is 0 Å². The van der Waals surface area contributed by atoms with Crippen LogP contribution in [0.5, 0.6) is 5.75 Å². The molecule has 0 atom stereocenters. The summed E-state index contributed by atoms with van der Waals surface area (Å²) in [5.41, 5.74) is 0.0192. The van der Waals surface area contributed by atoms with Gasteiger partial charge < -0.3 is 9.64 Å². The first-order valence-corrected chi connectivity index (χ1v) is 7.78. The molecule has 1 amide bonds. The Balaban J connectivity index is 2.86. The summed E-state index contributed by atoms with van der Waals surface area (Å²) in [6.45, 7) is 0.609.